The van der Waals surface area contributed by atoms with E-state index in [-0.39, 0.29) is 18.3 Å². The molecule has 1 aliphatic carbocycles. The highest BCUT2D eigenvalue weighted by Crippen LogP contribution is 2.37. The van der Waals surface area contributed by atoms with Crippen molar-refractivity contribution < 1.29 is 4.79 Å². The fourth-order valence-electron chi connectivity index (χ4n) is 3.50. The molecule has 2 aromatic rings. The number of nitrogens with one attached hydrogen (secondary N) is 1. The molecule has 3 N–H and O–H groups in total. The largest absolute Gasteiger partial charge is 0.397 e. The third-order valence-corrected chi connectivity index (χ3v) is 4.83. The average Bonchev–Trinajstić information content (AvgIpc) is 2.58. The van der Waals surface area contributed by atoms with Gasteiger partial charge in [0.15, 0.2) is 0 Å². The minimum Gasteiger partial charge on any atom is -0.397 e. The van der Waals surface area contributed by atoms with Crippen molar-refractivity contribution in [3.8, 4) is 0 Å². The summed E-state index contributed by atoms with van der Waals surface area (Å²) in [4.78, 5) is 12.2. The normalized spacial score (nSPS) is 20.0. The van der Waals surface area contributed by atoms with Gasteiger partial charge in [-0.2, -0.15) is 0 Å². The van der Waals surface area contributed by atoms with Crippen molar-refractivity contribution in [3.63, 3.8) is 0 Å². The Bertz CT molecular complexity index is 652. The van der Waals surface area contributed by atoms with Crippen LogP contribution in [0.1, 0.15) is 43.6 Å². The predicted molar refractivity (Wildman–Crippen MR) is 102 cm³/mol. The first-order chi connectivity index (χ1) is 11.2. The summed E-state index contributed by atoms with van der Waals surface area (Å²) in [7, 11) is 0. The number of rotatable bonds is 4. The van der Waals surface area contributed by atoms with Crippen molar-refractivity contribution in [3.05, 3.63) is 60.2 Å². The standard InChI is InChI=1S/C20H24N2O.ClH/c21-18-8-4-5-9-19(18)22-20(23)14-15-10-12-17(13-11-15)16-6-2-1-3-7-16;/h1-9,15,17H,10-14,21H2,(H,22,23);1H. The van der Waals surface area contributed by atoms with E-state index in [1.807, 2.05) is 18.2 Å². The van der Waals surface area contributed by atoms with Crippen LogP contribution in [0.15, 0.2) is 54.6 Å². The molecule has 1 amide bonds. The van der Waals surface area contributed by atoms with E-state index in [1.165, 1.54) is 18.4 Å². The van der Waals surface area contributed by atoms with Gasteiger partial charge in [-0.25, -0.2) is 0 Å². The summed E-state index contributed by atoms with van der Waals surface area (Å²) in [6, 6.07) is 18.1. The second-order valence-electron chi connectivity index (χ2n) is 6.47. The number of hydrogen-bond acceptors (Lipinski definition) is 2. The van der Waals surface area contributed by atoms with Gasteiger partial charge in [0, 0.05) is 6.42 Å². The van der Waals surface area contributed by atoms with Crippen molar-refractivity contribution in [2.45, 2.75) is 38.0 Å². The molecule has 0 unspecified atom stereocenters. The lowest BCUT2D eigenvalue weighted by Crippen LogP contribution is -2.21. The lowest BCUT2D eigenvalue weighted by Gasteiger charge is -2.28. The van der Waals surface area contributed by atoms with Gasteiger partial charge in [-0.3, -0.25) is 4.79 Å². The summed E-state index contributed by atoms with van der Waals surface area (Å²) in [5.74, 6) is 1.21. The highest BCUT2D eigenvalue weighted by Gasteiger charge is 2.24. The van der Waals surface area contributed by atoms with Gasteiger partial charge in [0.25, 0.3) is 0 Å². The molecule has 1 aliphatic rings. The van der Waals surface area contributed by atoms with Crippen LogP contribution in [0.2, 0.25) is 0 Å². The van der Waals surface area contributed by atoms with E-state index in [0.29, 0.717) is 23.9 Å². The van der Waals surface area contributed by atoms with Gasteiger partial charge in [0.2, 0.25) is 5.91 Å². The average molecular weight is 345 g/mol. The zero-order chi connectivity index (χ0) is 16.1. The quantitative estimate of drug-likeness (QED) is 0.767. The van der Waals surface area contributed by atoms with E-state index in [2.05, 4.69) is 35.6 Å². The van der Waals surface area contributed by atoms with Crippen LogP contribution < -0.4 is 11.1 Å². The summed E-state index contributed by atoms with van der Waals surface area (Å²) < 4.78 is 0. The molecule has 3 nitrogen and oxygen atoms in total. The van der Waals surface area contributed by atoms with Crippen LogP contribution in [0, 0.1) is 5.92 Å². The Morgan fingerprint density at radius 1 is 0.958 bits per heavy atom. The molecule has 0 atom stereocenters. The molecule has 0 radical (unpaired) electrons. The highest BCUT2D eigenvalue weighted by atomic mass is 35.5. The molecule has 0 saturated heterocycles. The second-order valence-corrected chi connectivity index (χ2v) is 6.47. The third kappa shape index (κ3) is 4.75. The van der Waals surface area contributed by atoms with Crippen molar-refractivity contribution >= 4 is 29.7 Å². The zero-order valence-electron chi connectivity index (χ0n) is 13.8. The Morgan fingerprint density at radius 2 is 1.58 bits per heavy atom. The zero-order valence-corrected chi connectivity index (χ0v) is 14.6. The lowest BCUT2D eigenvalue weighted by molar-refractivity contribution is -0.117. The van der Waals surface area contributed by atoms with Crippen LogP contribution >= 0.6 is 12.4 Å². The number of carbonyl (C=O) groups is 1. The van der Waals surface area contributed by atoms with E-state index in [4.69, 9.17) is 5.73 Å². The topological polar surface area (TPSA) is 55.1 Å². The van der Waals surface area contributed by atoms with Gasteiger partial charge >= 0.3 is 0 Å². The molecule has 128 valence electrons. The monoisotopic (exact) mass is 344 g/mol. The molecule has 0 bridgehead atoms. The Balaban J connectivity index is 0.00000208. The Morgan fingerprint density at radius 3 is 2.25 bits per heavy atom. The summed E-state index contributed by atoms with van der Waals surface area (Å²) in [6.07, 6.45) is 5.19. The summed E-state index contributed by atoms with van der Waals surface area (Å²) in [5, 5.41) is 2.94. The molecule has 0 aromatic heterocycles. The number of benzene rings is 2. The molecule has 3 rings (SSSR count). The maximum absolute atomic E-state index is 12.2. The van der Waals surface area contributed by atoms with Gasteiger partial charge in [0.05, 0.1) is 11.4 Å². The number of amides is 1. The van der Waals surface area contributed by atoms with Gasteiger partial charge < -0.3 is 11.1 Å². The number of para-hydroxylation sites is 2. The number of nitrogen functional groups attached to an aromatic ring is 1. The first-order valence-electron chi connectivity index (χ1n) is 8.41. The smallest absolute Gasteiger partial charge is 0.224 e. The van der Waals surface area contributed by atoms with Crippen molar-refractivity contribution in [1.29, 1.82) is 0 Å². The molecule has 0 aliphatic heterocycles. The summed E-state index contributed by atoms with van der Waals surface area (Å²) >= 11 is 0. The fraction of sp³-hybridized carbons (Fsp3) is 0.350. The summed E-state index contributed by atoms with van der Waals surface area (Å²) in [5.41, 5.74) is 8.64. The molecule has 0 heterocycles. The molecule has 0 spiro atoms. The van der Waals surface area contributed by atoms with Crippen LogP contribution in [-0.2, 0) is 4.79 Å². The van der Waals surface area contributed by atoms with Crippen LogP contribution in [0.5, 0.6) is 0 Å². The minimum absolute atomic E-state index is 0. The maximum Gasteiger partial charge on any atom is 0.224 e. The van der Waals surface area contributed by atoms with Gasteiger partial charge in [0.1, 0.15) is 0 Å². The van der Waals surface area contributed by atoms with E-state index < -0.39 is 0 Å². The first-order valence-corrected chi connectivity index (χ1v) is 8.41. The number of anilines is 2. The van der Waals surface area contributed by atoms with Crippen molar-refractivity contribution in [2.24, 2.45) is 5.92 Å². The van der Waals surface area contributed by atoms with E-state index >= 15 is 0 Å². The van der Waals surface area contributed by atoms with Crippen LogP contribution in [0.3, 0.4) is 0 Å². The third-order valence-electron chi connectivity index (χ3n) is 4.83. The number of hydrogen-bond donors (Lipinski definition) is 2. The van der Waals surface area contributed by atoms with Gasteiger partial charge in [-0.05, 0) is 55.2 Å². The maximum atomic E-state index is 12.2. The van der Waals surface area contributed by atoms with Crippen molar-refractivity contribution in [1.82, 2.24) is 0 Å². The summed E-state index contributed by atoms with van der Waals surface area (Å²) in [6.45, 7) is 0. The Kier molecular flexibility index (Phi) is 6.68. The number of halogens is 1. The van der Waals surface area contributed by atoms with Crippen molar-refractivity contribution in [2.75, 3.05) is 11.1 Å². The fourth-order valence-corrected chi connectivity index (χ4v) is 3.50. The first kappa shape index (κ1) is 18.3. The Hall–Kier alpha value is -2.00. The molecule has 24 heavy (non-hydrogen) atoms. The predicted octanol–water partition coefficient (Wildman–Crippen LogP) is 4.99. The van der Waals surface area contributed by atoms with E-state index in [9.17, 15) is 4.79 Å². The molecular weight excluding hydrogens is 320 g/mol. The second kappa shape index (κ2) is 8.74. The SMILES string of the molecule is Cl.Nc1ccccc1NC(=O)CC1CCC(c2ccccc2)CC1. The van der Waals surface area contributed by atoms with Crippen LogP contribution in [0.25, 0.3) is 0 Å². The molecule has 1 fully saturated rings. The van der Waals surface area contributed by atoms with Crippen LogP contribution in [-0.4, -0.2) is 5.91 Å². The Labute approximate surface area is 150 Å². The molecule has 1 saturated carbocycles. The van der Waals surface area contributed by atoms with E-state index in [0.717, 1.165) is 18.5 Å². The van der Waals surface area contributed by atoms with Crippen LogP contribution in [0.4, 0.5) is 11.4 Å². The van der Waals surface area contributed by atoms with Gasteiger partial charge in [-0.15, -0.1) is 12.4 Å². The molecule has 2 aromatic carbocycles. The minimum atomic E-state index is 0. The van der Waals surface area contributed by atoms with Gasteiger partial charge in [-0.1, -0.05) is 42.5 Å². The highest BCUT2D eigenvalue weighted by molar-refractivity contribution is 5.93. The number of carbonyl (C=O) groups excluding carboxylic acids is 1. The van der Waals surface area contributed by atoms with E-state index in [1.54, 1.807) is 6.07 Å². The number of nitrogens with two attached hydrogens (primary N) is 1. The molecule has 4 heteroatoms. The lowest BCUT2D eigenvalue weighted by atomic mass is 9.77. The molecular formula is C20H25ClN2O.